The van der Waals surface area contributed by atoms with Gasteiger partial charge in [0.15, 0.2) is 5.01 Å². The number of nitrogens with one attached hydrogen (secondary N) is 1. The van der Waals surface area contributed by atoms with Crippen molar-refractivity contribution in [2.45, 2.75) is 31.8 Å². The molecule has 0 bridgehead atoms. The number of likely N-dealkylation sites (tertiary alicyclic amines) is 1. The Balaban J connectivity index is 1.71. The van der Waals surface area contributed by atoms with Crippen LogP contribution in [0.1, 0.15) is 29.6 Å². The molecule has 3 rings (SSSR count). The van der Waals surface area contributed by atoms with Gasteiger partial charge in [-0.3, -0.25) is 14.4 Å². The van der Waals surface area contributed by atoms with Gasteiger partial charge in [-0.25, -0.2) is 4.98 Å². The minimum absolute atomic E-state index is 0.134. The van der Waals surface area contributed by atoms with E-state index in [-0.39, 0.29) is 24.1 Å². The molecule has 7 nitrogen and oxygen atoms in total. The van der Waals surface area contributed by atoms with Gasteiger partial charge in [0, 0.05) is 6.54 Å². The third-order valence-electron chi connectivity index (χ3n) is 4.21. The quantitative estimate of drug-likeness (QED) is 0.772. The molecule has 0 spiro atoms. The molecule has 0 unspecified atom stereocenters. The fourth-order valence-electron chi connectivity index (χ4n) is 2.88. The van der Waals surface area contributed by atoms with Gasteiger partial charge < -0.3 is 16.0 Å². The molecular weight excluding hydrogens is 340 g/mol. The summed E-state index contributed by atoms with van der Waals surface area (Å²) in [7, 11) is 0. The molecule has 2 aromatic rings. The van der Waals surface area contributed by atoms with E-state index >= 15 is 0 Å². The fraction of sp³-hybridized carbons (Fsp3) is 0.412. The van der Waals surface area contributed by atoms with Gasteiger partial charge in [-0.2, -0.15) is 0 Å². The number of nitrogens with two attached hydrogens (primary N) is 1. The van der Waals surface area contributed by atoms with E-state index in [0.29, 0.717) is 18.0 Å². The molecule has 1 saturated heterocycles. The maximum absolute atomic E-state index is 12.8. The van der Waals surface area contributed by atoms with E-state index in [0.717, 1.165) is 16.6 Å². The lowest BCUT2D eigenvalue weighted by atomic mass is 10.1. The van der Waals surface area contributed by atoms with Crippen LogP contribution in [-0.2, 0) is 9.59 Å². The second-order valence-corrected chi connectivity index (χ2v) is 7.13. The molecule has 8 heteroatoms. The Labute approximate surface area is 149 Å². The van der Waals surface area contributed by atoms with Gasteiger partial charge in [0.05, 0.1) is 28.8 Å². The van der Waals surface area contributed by atoms with E-state index in [9.17, 15) is 14.4 Å². The van der Waals surface area contributed by atoms with Gasteiger partial charge in [0.1, 0.15) is 0 Å². The highest BCUT2D eigenvalue weighted by molar-refractivity contribution is 7.20. The summed E-state index contributed by atoms with van der Waals surface area (Å²) in [4.78, 5) is 42.7. The first-order chi connectivity index (χ1) is 12.0. The fourth-order valence-corrected chi connectivity index (χ4v) is 3.84. The van der Waals surface area contributed by atoms with E-state index in [4.69, 9.17) is 5.73 Å². The standard InChI is InChI=1S/C17H20N4O3S/c1-10(18)16(24)19-9-14(22)21-8-4-6-12(21)15(23)17-20-11-5-2-3-7-13(11)25-17/h2-3,5,7,10,12H,4,6,8-9,18H2,1H3,(H,19,24)/t10-,12-/m0/s1. The second-order valence-electron chi connectivity index (χ2n) is 6.10. The van der Waals surface area contributed by atoms with Gasteiger partial charge in [0.2, 0.25) is 17.6 Å². The van der Waals surface area contributed by atoms with E-state index in [1.807, 2.05) is 24.3 Å². The molecule has 25 heavy (non-hydrogen) atoms. The van der Waals surface area contributed by atoms with Crippen LogP contribution >= 0.6 is 11.3 Å². The van der Waals surface area contributed by atoms with Crippen LogP contribution in [0.15, 0.2) is 24.3 Å². The molecule has 2 atom stereocenters. The van der Waals surface area contributed by atoms with Gasteiger partial charge in [-0.05, 0) is 31.9 Å². The summed E-state index contributed by atoms with van der Waals surface area (Å²) < 4.78 is 0.950. The molecule has 1 aliphatic rings. The third kappa shape index (κ3) is 3.69. The highest BCUT2D eigenvalue weighted by atomic mass is 32.1. The van der Waals surface area contributed by atoms with E-state index in [1.165, 1.54) is 16.2 Å². The molecule has 1 fully saturated rings. The highest BCUT2D eigenvalue weighted by Gasteiger charge is 2.35. The molecule has 2 amide bonds. The Bertz CT molecular complexity index is 784. The van der Waals surface area contributed by atoms with E-state index < -0.39 is 12.1 Å². The van der Waals surface area contributed by atoms with Crippen molar-refractivity contribution in [1.82, 2.24) is 15.2 Å². The largest absolute Gasteiger partial charge is 0.346 e. The lowest BCUT2D eigenvalue weighted by Gasteiger charge is -2.23. The van der Waals surface area contributed by atoms with Gasteiger partial charge in [-0.1, -0.05) is 12.1 Å². The molecule has 1 aliphatic heterocycles. The van der Waals surface area contributed by atoms with Crippen LogP contribution in [0, 0.1) is 0 Å². The number of rotatable bonds is 5. The first-order valence-corrected chi connectivity index (χ1v) is 9.01. The van der Waals surface area contributed by atoms with Gasteiger partial charge >= 0.3 is 0 Å². The summed E-state index contributed by atoms with van der Waals surface area (Å²) in [6.07, 6.45) is 1.37. The number of Topliss-reactive ketones (excluding diaryl/α,β-unsaturated/α-hetero) is 1. The Morgan fingerprint density at radius 2 is 2.16 bits per heavy atom. The maximum Gasteiger partial charge on any atom is 0.242 e. The van der Waals surface area contributed by atoms with Crippen molar-refractivity contribution in [3.05, 3.63) is 29.3 Å². The molecular formula is C17H20N4O3S. The van der Waals surface area contributed by atoms with E-state index in [1.54, 1.807) is 6.92 Å². The number of hydrogen-bond acceptors (Lipinski definition) is 6. The Hall–Kier alpha value is -2.32. The van der Waals surface area contributed by atoms with Crippen molar-refractivity contribution in [2.24, 2.45) is 5.73 Å². The Morgan fingerprint density at radius 3 is 2.88 bits per heavy atom. The predicted molar refractivity (Wildman–Crippen MR) is 95.3 cm³/mol. The number of hydrogen-bond donors (Lipinski definition) is 2. The zero-order valence-corrected chi connectivity index (χ0v) is 14.7. The molecule has 1 aromatic heterocycles. The zero-order chi connectivity index (χ0) is 18.0. The number of para-hydroxylation sites is 1. The third-order valence-corrected chi connectivity index (χ3v) is 5.26. The van der Waals surface area contributed by atoms with Crippen LogP contribution < -0.4 is 11.1 Å². The normalized spacial score (nSPS) is 18.3. The summed E-state index contributed by atoms with van der Waals surface area (Å²) in [5.74, 6) is -0.793. The average molecular weight is 360 g/mol. The molecule has 1 aromatic carbocycles. The highest BCUT2D eigenvalue weighted by Crippen LogP contribution is 2.27. The molecule has 2 heterocycles. The lowest BCUT2D eigenvalue weighted by Crippen LogP contribution is -2.47. The number of aromatic nitrogens is 1. The van der Waals surface area contributed by atoms with Crippen molar-refractivity contribution >= 4 is 39.2 Å². The number of nitrogens with zero attached hydrogens (tertiary/aromatic N) is 2. The SMILES string of the molecule is C[C@H](N)C(=O)NCC(=O)N1CCC[C@H]1C(=O)c1nc2ccccc2s1. The first-order valence-electron chi connectivity index (χ1n) is 8.20. The number of benzene rings is 1. The Kier molecular flexibility index (Phi) is 5.10. The van der Waals surface area contributed by atoms with Crippen molar-refractivity contribution in [2.75, 3.05) is 13.1 Å². The number of carbonyl (C=O) groups excluding carboxylic acids is 3. The van der Waals surface area contributed by atoms with Crippen LogP contribution in [0.3, 0.4) is 0 Å². The summed E-state index contributed by atoms with van der Waals surface area (Å²) in [6.45, 7) is 1.91. The van der Waals surface area contributed by atoms with Crippen LogP contribution in [0.5, 0.6) is 0 Å². The second kappa shape index (κ2) is 7.28. The van der Waals surface area contributed by atoms with Crippen molar-refractivity contribution in [1.29, 1.82) is 0 Å². The molecule has 0 radical (unpaired) electrons. The monoisotopic (exact) mass is 360 g/mol. The molecule has 3 N–H and O–H groups in total. The van der Waals surface area contributed by atoms with Crippen LogP contribution in [-0.4, -0.2) is 52.7 Å². The zero-order valence-electron chi connectivity index (χ0n) is 13.9. The van der Waals surface area contributed by atoms with Gasteiger partial charge in [0.25, 0.3) is 0 Å². The minimum Gasteiger partial charge on any atom is -0.346 e. The first kappa shape index (κ1) is 17.5. The van der Waals surface area contributed by atoms with Crippen molar-refractivity contribution in [3.8, 4) is 0 Å². The summed E-state index contributed by atoms with van der Waals surface area (Å²) in [5, 5.41) is 2.92. The topological polar surface area (TPSA) is 105 Å². The van der Waals surface area contributed by atoms with Crippen molar-refractivity contribution < 1.29 is 14.4 Å². The maximum atomic E-state index is 12.8. The van der Waals surface area contributed by atoms with Crippen LogP contribution in [0.25, 0.3) is 10.2 Å². The van der Waals surface area contributed by atoms with E-state index in [2.05, 4.69) is 10.3 Å². The number of thiazole rings is 1. The molecule has 132 valence electrons. The Morgan fingerprint density at radius 1 is 1.40 bits per heavy atom. The lowest BCUT2D eigenvalue weighted by molar-refractivity contribution is -0.133. The van der Waals surface area contributed by atoms with Crippen LogP contribution in [0.4, 0.5) is 0 Å². The average Bonchev–Trinajstić information content (AvgIpc) is 3.25. The predicted octanol–water partition coefficient (Wildman–Crippen LogP) is 0.933. The van der Waals surface area contributed by atoms with Gasteiger partial charge in [-0.15, -0.1) is 11.3 Å². The number of carbonyl (C=O) groups is 3. The summed E-state index contributed by atoms with van der Waals surface area (Å²) in [6, 6.07) is 6.38. The number of amides is 2. The molecule has 0 aliphatic carbocycles. The molecule has 0 saturated carbocycles. The smallest absolute Gasteiger partial charge is 0.242 e. The minimum atomic E-state index is -0.674. The number of fused-ring (bicyclic) bond motifs is 1. The van der Waals surface area contributed by atoms with Crippen LogP contribution in [0.2, 0.25) is 0 Å². The summed E-state index contributed by atoms with van der Waals surface area (Å²) in [5.41, 5.74) is 6.25. The summed E-state index contributed by atoms with van der Waals surface area (Å²) >= 11 is 1.34. The van der Waals surface area contributed by atoms with Crippen molar-refractivity contribution in [3.63, 3.8) is 0 Å². The number of ketones is 1.